The Balaban J connectivity index is 1.97. The fourth-order valence-corrected chi connectivity index (χ4v) is 4.09. The quantitative estimate of drug-likeness (QED) is 0.834. The summed E-state index contributed by atoms with van der Waals surface area (Å²) in [6, 6.07) is 4.08. The molecule has 1 saturated carbocycles. The molecular formula is C15H21BrN4O. The molecule has 1 amide bonds. The molecule has 0 spiro atoms. The minimum atomic E-state index is -0.249. The fourth-order valence-electron chi connectivity index (χ4n) is 3.79. The third kappa shape index (κ3) is 2.44. The van der Waals surface area contributed by atoms with Crippen molar-refractivity contribution in [3.05, 3.63) is 22.3 Å². The number of rotatable bonds is 4. The number of halogens is 1. The van der Waals surface area contributed by atoms with Crippen molar-refractivity contribution in [2.45, 2.75) is 31.8 Å². The van der Waals surface area contributed by atoms with Crippen molar-refractivity contribution in [1.82, 2.24) is 9.88 Å². The Kier molecular flexibility index (Phi) is 3.48. The summed E-state index contributed by atoms with van der Waals surface area (Å²) in [6.07, 6.45) is 1.95. The first kappa shape index (κ1) is 14.8. The highest BCUT2D eigenvalue weighted by Gasteiger charge is 2.66. The van der Waals surface area contributed by atoms with Crippen LogP contribution in [0.1, 0.15) is 18.4 Å². The second kappa shape index (κ2) is 4.95. The van der Waals surface area contributed by atoms with Gasteiger partial charge in [-0.3, -0.25) is 4.79 Å². The van der Waals surface area contributed by atoms with Crippen LogP contribution in [0.15, 0.2) is 16.7 Å². The van der Waals surface area contributed by atoms with E-state index in [1.54, 1.807) is 0 Å². The maximum atomic E-state index is 11.9. The number of aromatic nitrogens is 1. The molecule has 21 heavy (non-hydrogen) atoms. The molecular weight excluding hydrogens is 332 g/mol. The van der Waals surface area contributed by atoms with E-state index in [9.17, 15) is 4.79 Å². The highest BCUT2D eigenvalue weighted by atomic mass is 79.9. The van der Waals surface area contributed by atoms with Crippen molar-refractivity contribution in [2.75, 3.05) is 25.5 Å². The Morgan fingerprint density at radius 1 is 1.52 bits per heavy atom. The van der Waals surface area contributed by atoms with Crippen LogP contribution in [0.4, 0.5) is 5.82 Å². The van der Waals surface area contributed by atoms with Gasteiger partial charge in [-0.05, 0) is 61.4 Å². The van der Waals surface area contributed by atoms with E-state index in [0.29, 0.717) is 6.04 Å². The van der Waals surface area contributed by atoms with Crippen LogP contribution in [0.25, 0.3) is 0 Å². The normalized spacial score (nSPS) is 30.6. The van der Waals surface area contributed by atoms with Gasteiger partial charge in [0.1, 0.15) is 16.5 Å². The molecule has 2 heterocycles. The van der Waals surface area contributed by atoms with Crippen LogP contribution in [-0.2, 0) is 4.79 Å². The molecule has 0 bridgehead atoms. The number of amides is 1. The van der Waals surface area contributed by atoms with Crippen LogP contribution in [0.3, 0.4) is 0 Å². The smallest absolute Gasteiger partial charge is 0.240 e. The third-order valence-electron chi connectivity index (χ3n) is 4.66. The number of nitrogens with zero attached hydrogens (tertiary/aromatic N) is 3. The van der Waals surface area contributed by atoms with Crippen molar-refractivity contribution in [3.8, 4) is 0 Å². The molecule has 114 valence electrons. The molecule has 2 aliphatic rings. The lowest BCUT2D eigenvalue weighted by Gasteiger charge is -2.27. The van der Waals surface area contributed by atoms with E-state index in [1.165, 1.54) is 0 Å². The van der Waals surface area contributed by atoms with Gasteiger partial charge in [-0.15, -0.1) is 0 Å². The molecule has 2 N–H and O–H groups in total. The number of fused-ring (bicyclic) bond motifs is 1. The van der Waals surface area contributed by atoms with Gasteiger partial charge in [-0.1, -0.05) is 6.07 Å². The molecule has 0 radical (unpaired) electrons. The predicted octanol–water partition coefficient (Wildman–Crippen LogP) is 1.54. The number of anilines is 1. The summed E-state index contributed by atoms with van der Waals surface area (Å²) in [4.78, 5) is 20.9. The number of carbonyl (C=O) groups excluding carboxylic acids is 1. The van der Waals surface area contributed by atoms with Crippen molar-refractivity contribution >= 4 is 27.7 Å². The Hall–Kier alpha value is -1.14. The van der Waals surface area contributed by atoms with Gasteiger partial charge in [-0.2, -0.15) is 0 Å². The Labute approximate surface area is 133 Å². The molecule has 3 rings (SSSR count). The standard InChI is InChI=1S/C15H21BrN4O/c1-9-4-5-12(16)18-14(9)20-10(13(17)21)6-15(7-11(15)20)8-19(2)3/h4-5,10-11H,6-8H2,1-3H3,(H2,17,21). The zero-order valence-corrected chi connectivity index (χ0v) is 14.2. The summed E-state index contributed by atoms with van der Waals surface area (Å²) >= 11 is 3.43. The van der Waals surface area contributed by atoms with Gasteiger partial charge in [0.2, 0.25) is 5.91 Å². The number of carbonyl (C=O) groups is 1. The number of aryl methyl sites for hydroxylation is 1. The lowest BCUT2D eigenvalue weighted by atomic mass is 9.99. The largest absolute Gasteiger partial charge is 0.368 e. The zero-order valence-electron chi connectivity index (χ0n) is 12.6. The minimum absolute atomic E-state index is 0.194. The molecule has 1 aliphatic heterocycles. The summed E-state index contributed by atoms with van der Waals surface area (Å²) in [7, 11) is 4.16. The van der Waals surface area contributed by atoms with Crippen molar-refractivity contribution < 1.29 is 4.79 Å². The molecule has 3 unspecified atom stereocenters. The van der Waals surface area contributed by atoms with Crippen LogP contribution < -0.4 is 10.6 Å². The molecule has 3 atom stereocenters. The molecule has 1 aromatic rings. The average molecular weight is 353 g/mol. The van der Waals surface area contributed by atoms with E-state index < -0.39 is 0 Å². The molecule has 1 aromatic heterocycles. The van der Waals surface area contributed by atoms with Crippen LogP contribution >= 0.6 is 15.9 Å². The predicted molar refractivity (Wildman–Crippen MR) is 86.1 cm³/mol. The summed E-state index contributed by atoms with van der Waals surface area (Å²) in [5, 5.41) is 0. The lowest BCUT2D eigenvalue weighted by Crippen LogP contribution is -2.43. The Morgan fingerprint density at radius 2 is 2.24 bits per heavy atom. The summed E-state index contributed by atoms with van der Waals surface area (Å²) < 4.78 is 0.789. The summed E-state index contributed by atoms with van der Waals surface area (Å²) in [5.74, 6) is 0.637. The van der Waals surface area contributed by atoms with Crippen molar-refractivity contribution in [1.29, 1.82) is 0 Å². The van der Waals surface area contributed by atoms with E-state index >= 15 is 0 Å². The number of primary amides is 1. The Bertz CT molecular complexity index is 591. The second-order valence-electron chi connectivity index (χ2n) is 6.62. The van der Waals surface area contributed by atoms with E-state index in [-0.39, 0.29) is 17.4 Å². The highest BCUT2D eigenvalue weighted by molar-refractivity contribution is 9.10. The minimum Gasteiger partial charge on any atom is -0.368 e. The first-order valence-corrected chi connectivity index (χ1v) is 7.99. The highest BCUT2D eigenvalue weighted by Crippen LogP contribution is 2.60. The number of hydrogen-bond acceptors (Lipinski definition) is 4. The SMILES string of the molecule is Cc1ccc(Br)nc1N1C(C(N)=O)CC2(CN(C)C)CC12. The van der Waals surface area contributed by atoms with Gasteiger partial charge in [0.25, 0.3) is 0 Å². The fraction of sp³-hybridized carbons (Fsp3) is 0.600. The van der Waals surface area contributed by atoms with Gasteiger partial charge in [0.05, 0.1) is 0 Å². The van der Waals surface area contributed by atoms with Gasteiger partial charge >= 0.3 is 0 Å². The van der Waals surface area contributed by atoms with Crippen LogP contribution in [0, 0.1) is 12.3 Å². The number of nitrogens with two attached hydrogens (primary N) is 1. The number of pyridine rings is 1. The van der Waals surface area contributed by atoms with Crippen LogP contribution in [0.2, 0.25) is 0 Å². The zero-order chi connectivity index (χ0) is 15.4. The molecule has 5 nitrogen and oxygen atoms in total. The number of piperidine rings is 1. The van der Waals surface area contributed by atoms with Crippen LogP contribution in [0.5, 0.6) is 0 Å². The van der Waals surface area contributed by atoms with Crippen molar-refractivity contribution in [3.63, 3.8) is 0 Å². The van der Waals surface area contributed by atoms with Crippen molar-refractivity contribution in [2.24, 2.45) is 11.1 Å². The monoisotopic (exact) mass is 352 g/mol. The first-order valence-electron chi connectivity index (χ1n) is 7.19. The third-order valence-corrected chi connectivity index (χ3v) is 5.10. The maximum Gasteiger partial charge on any atom is 0.240 e. The van der Waals surface area contributed by atoms with Gasteiger partial charge in [0.15, 0.2) is 0 Å². The van der Waals surface area contributed by atoms with E-state index in [1.807, 2.05) is 19.1 Å². The number of hydrogen-bond donors (Lipinski definition) is 1. The molecule has 0 aromatic carbocycles. The summed E-state index contributed by atoms with van der Waals surface area (Å²) in [5.41, 5.74) is 6.93. The summed E-state index contributed by atoms with van der Waals surface area (Å²) in [6.45, 7) is 3.02. The second-order valence-corrected chi connectivity index (χ2v) is 7.44. The molecule has 1 aliphatic carbocycles. The Morgan fingerprint density at radius 3 is 2.86 bits per heavy atom. The van der Waals surface area contributed by atoms with E-state index in [2.05, 4.69) is 44.8 Å². The van der Waals surface area contributed by atoms with E-state index in [0.717, 1.165) is 35.4 Å². The molecule has 1 saturated heterocycles. The lowest BCUT2D eigenvalue weighted by molar-refractivity contribution is -0.119. The van der Waals surface area contributed by atoms with E-state index in [4.69, 9.17) is 5.73 Å². The van der Waals surface area contributed by atoms with Gasteiger partial charge in [0, 0.05) is 18.0 Å². The van der Waals surface area contributed by atoms with Gasteiger partial charge < -0.3 is 15.5 Å². The topological polar surface area (TPSA) is 62.5 Å². The maximum absolute atomic E-state index is 11.9. The van der Waals surface area contributed by atoms with Crippen LogP contribution in [-0.4, -0.2) is 48.5 Å². The molecule has 6 heteroatoms. The van der Waals surface area contributed by atoms with Gasteiger partial charge in [-0.25, -0.2) is 4.98 Å². The first-order chi connectivity index (χ1) is 9.84. The average Bonchev–Trinajstić information content (AvgIpc) is 2.97. The molecule has 2 fully saturated rings.